The van der Waals surface area contributed by atoms with E-state index in [1.807, 2.05) is 18.2 Å². The molecule has 1 aliphatic heterocycles. The molecule has 32 heavy (non-hydrogen) atoms. The normalized spacial score (nSPS) is 15.5. The third-order valence-corrected chi connectivity index (χ3v) is 5.92. The van der Waals surface area contributed by atoms with Crippen molar-refractivity contribution in [2.24, 2.45) is 5.92 Å². The number of carbonyl (C=O) groups is 1. The number of piperidine rings is 1. The maximum absolute atomic E-state index is 13.6. The Morgan fingerprint density at radius 2 is 1.59 bits per heavy atom. The standard InChI is InChI=1S/C23H20F3N5O/c24-23(25,26)22-29-18-7-3-4-8-20(18)31(22)14-15-9-11-30(12-10-15)21(32)19-13-27-16-5-1-2-6-17(16)28-19/h1-8,13,15H,9-12,14H2. The Kier molecular flexibility index (Phi) is 5.03. The first-order valence-electron chi connectivity index (χ1n) is 10.4. The molecule has 0 bridgehead atoms. The van der Waals surface area contributed by atoms with Crippen molar-refractivity contribution in [1.82, 2.24) is 24.4 Å². The molecular formula is C23H20F3N5O. The maximum Gasteiger partial charge on any atom is 0.449 e. The van der Waals surface area contributed by atoms with E-state index in [2.05, 4.69) is 15.0 Å². The molecular weight excluding hydrogens is 419 g/mol. The van der Waals surface area contributed by atoms with Gasteiger partial charge in [0, 0.05) is 19.6 Å². The van der Waals surface area contributed by atoms with Gasteiger partial charge >= 0.3 is 6.18 Å². The summed E-state index contributed by atoms with van der Waals surface area (Å²) in [4.78, 5) is 27.1. The summed E-state index contributed by atoms with van der Waals surface area (Å²) < 4.78 is 41.9. The van der Waals surface area contributed by atoms with Crippen LogP contribution in [-0.2, 0) is 12.7 Å². The Labute approximate surface area is 181 Å². The van der Waals surface area contributed by atoms with E-state index in [-0.39, 0.29) is 24.1 Å². The van der Waals surface area contributed by atoms with Gasteiger partial charge in [-0.25, -0.2) is 9.97 Å². The molecule has 1 aliphatic rings. The van der Waals surface area contributed by atoms with Gasteiger partial charge < -0.3 is 9.47 Å². The first-order chi connectivity index (χ1) is 15.4. The van der Waals surface area contributed by atoms with E-state index < -0.39 is 12.0 Å². The number of fused-ring (bicyclic) bond motifs is 2. The molecule has 0 unspecified atom stereocenters. The highest BCUT2D eigenvalue weighted by atomic mass is 19.4. The molecule has 0 atom stereocenters. The average Bonchev–Trinajstić information content (AvgIpc) is 3.18. The van der Waals surface area contributed by atoms with Crippen LogP contribution in [0.2, 0.25) is 0 Å². The summed E-state index contributed by atoms with van der Waals surface area (Å²) in [5, 5.41) is 0. The number of aromatic nitrogens is 4. The highest BCUT2D eigenvalue weighted by molar-refractivity contribution is 5.93. The molecule has 0 spiro atoms. The van der Waals surface area contributed by atoms with Crippen molar-refractivity contribution in [3.8, 4) is 0 Å². The minimum atomic E-state index is -4.52. The lowest BCUT2D eigenvalue weighted by Gasteiger charge is -2.32. The van der Waals surface area contributed by atoms with Gasteiger partial charge in [-0.05, 0) is 43.0 Å². The molecule has 2 aromatic carbocycles. The van der Waals surface area contributed by atoms with Crippen LogP contribution in [0, 0.1) is 5.92 Å². The topological polar surface area (TPSA) is 63.9 Å². The molecule has 0 saturated carbocycles. The van der Waals surface area contributed by atoms with Crippen molar-refractivity contribution in [1.29, 1.82) is 0 Å². The fraction of sp³-hybridized carbons (Fsp3) is 0.304. The van der Waals surface area contributed by atoms with Crippen molar-refractivity contribution in [2.45, 2.75) is 25.6 Å². The molecule has 2 aromatic heterocycles. The third kappa shape index (κ3) is 3.79. The van der Waals surface area contributed by atoms with Crippen molar-refractivity contribution in [3.63, 3.8) is 0 Å². The van der Waals surface area contributed by atoms with Gasteiger partial charge in [-0.1, -0.05) is 24.3 Å². The Balaban J connectivity index is 1.30. The van der Waals surface area contributed by atoms with Crippen LogP contribution in [0.4, 0.5) is 13.2 Å². The molecule has 1 saturated heterocycles. The van der Waals surface area contributed by atoms with E-state index in [0.29, 0.717) is 42.5 Å². The number of alkyl halides is 3. The minimum Gasteiger partial charge on any atom is -0.337 e. The predicted molar refractivity (Wildman–Crippen MR) is 113 cm³/mol. The summed E-state index contributed by atoms with van der Waals surface area (Å²) in [6.45, 7) is 1.14. The molecule has 3 heterocycles. The lowest BCUT2D eigenvalue weighted by Crippen LogP contribution is -2.40. The second-order valence-corrected chi connectivity index (χ2v) is 8.01. The van der Waals surface area contributed by atoms with Gasteiger partial charge in [-0.3, -0.25) is 9.78 Å². The number of amides is 1. The number of halogens is 3. The molecule has 0 N–H and O–H groups in total. The zero-order valence-electron chi connectivity index (χ0n) is 17.1. The number of likely N-dealkylation sites (tertiary alicyclic amines) is 1. The predicted octanol–water partition coefficient (Wildman–Crippen LogP) is 4.55. The molecule has 6 nitrogen and oxygen atoms in total. The number of rotatable bonds is 3. The van der Waals surface area contributed by atoms with E-state index >= 15 is 0 Å². The molecule has 1 fully saturated rings. The number of imidazole rings is 1. The summed E-state index contributed by atoms with van der Waals surface area (Å²) in [6.07, 6.45) is -1.83. The van der Waals surface area contributed by atoms with Crippen LogP contribution in [0.5, 0.6) is 0 Å². The maximum atomic E-state index is 13.6. The highest BCUT2D eigenvalue weighted by Crippen LogP contribution is 2.33. The molecule has 0 aliphatic carbocycles. The van der Waals surface area contributed by atoms with E-state index in [1.54, 1.807) is 35.2 Å². The summed E-state index contributed by atoms with van der Waals surface area (Å²) in [6, 6.07) is 14.0. The first-order valence-corrected chi connectivity index (χ1v) is 10.4. The van der Waals surface area contributed by atoms with Crippen LogP contribution in [-0.4, -0.2) is 43.4 Å². The SMILES string of the molecule is O=C(c1cnc2ccccc2n1)N1CCC(Cn2c(C(F)(F)F)nc3ccccc32)CC1. The van der Waals surface area contributed by atoms with Crippen molar-refractivity contribution < 1.29 is 18.0 Å². The lowest BCUT2D eigenvalue weighted by molar-refractivity contribution is -0.147. The fourth-order valence-electron chi connectivity index (χ4n) is 4.28. The quantitative estimate of drug-likeness (QED) is 0.470. The Hall–Kier alpha value is -3.49. The number of hydrogen-bond acceptors (Lipinski definition) is 4. The van der Waals surface area contributed by atoms with Gasteiger partial charge in [0.05, 0.1) is 28.3 Å². The number of carbonyl (C=O) groups excluding carboxylic acids is 1. The fourth-order valence-corrected chi connectivity index (χ4v) is 4.28. The zero-order valence-corrected chi connectivity index (χ0v) is 17.1. The second-order valence-electron chi connectivity index (χ2n) is 8.01. The van der Waals surface area contributed by atoms with Gasteiger partial charge in [0.2, 0.25) is 5.82 Å². The first kappa shape index (κ1) is 20.4. The van der Waals surface area contributed by atoms with Gasteiger partial charge in [0.1, 0.15) is 5.69 Å². The Morgan fingerprint density at radius 3 is 2.31 bits per heavy atom. The second kappa shape index (κ2) is 7.89. The largest absolute Gasteiger partial charge is 0.449 e. The van der Waals surface area contributed by atoms with E-state index in [9.17, 15) is 18.0 Å². The molecule has 4 aromatic rings. The smallest absolute Gasteiger partial charge is 0.337 e. The van der Waals surface area contributed by atoms with E-state index in [1.165, 1.54) is 10.8 Å². The van der Waals surface area contributed by atoms with Gasteiger partial charge in [-0.2, -0.15) is 13.2 Å². The van der Waals surface area contributed by atoms with Crippen LogP contribution in [0.1, 0.15) is 29.2 Å². The number of benzene rings is 2. The van der Waals surface area contributed by atoms with E-state index in [4.69, 9.17) is 0 Å². The molecule has 1 amide bonds. The van der Waals surface area contributed by atoms with Crippen LogP contribution in [0.25, 0.3) is 22.1 Å². The van der Waals surface area contributed by atoms with Crippen LogP contribution in [0.15, 0.2) is 54.7 Å². The molecule has 9 heteroatoms. The monoisotopic (exact) mass is 439 g/mol. The summed E-state index contributed by atoms with van der Waals surface area (Å²) in [7, 11) is 0. The lowest BCUT2D eigenvalue weighted by atomic mass is 9.96. The summed E-state index contributed by atoms with van der Waals surface area (Å²) in [5.74, 6) is -1.06. The highest BCUT2D eigenvalue weighted by Gasteiger charge is 2.38. The van der Waals surface area contributed by atoms with Crippen molar-refractivity contribution >= 4 is 28.0 Å². The van der Waals surface area contributed by atoms with Crippen molar-refractivity contribution in [3.05, 3.63) is 66.2 Å². The van der Waals surface area contributed by atoms with Crippen LogP contribution < -0.4 is 0 Å². The van der Waals surface area contributed by atoms with Gasteiger partial charge in [0.15, 0.2) is 0 Å². The minimum absolute atomic E-state index is 0.0143. The van der Waals surface area contributed by atoms with Crippen LogP contribution in [0.3, 0.4) is 0 Å². The summed E-state index contributed by atoms with van der Waals surface area (Å²) in [5.41, 5.74) is 2.46. The average molecular weight is 439 g/mol. The molecule has 164 valence electrons. The van der Waals surface area contributed by atoms with Crippen LogP contribution >= 0.6 is 0 Å². The number of hydrogen-bond donors (Lipinski definition) is 0. The Morgan fingerprint density at radius 1 is 0.938 bits per heavy atom. The third-order valence-electron chi connectivity index (χ3n) is 5.92. The zero-order chi connectivity index (χ0) is 22.3. The Bertz CT molecular complexity index is 1290. The van der Waals surface area contributed by atoms with Gasteiger partial charge in [-0.15, -0.1) is 0 Å². The molecule has 0 radical (unpaired) electrons. The number of para-hydroxylation sites is 4. The van der Waals surface area contributed by atoms with Gasteiger partial charge in [0.25, 0.3) is 5.91 Å². The molecule has 5 rings (SSSR count). The summed E-state index contributed by atoms with van der Waals surface area (Å²) >= 11 is 0. The van der Waals surface area contributed by atoms with E-state index in [0.717, 1.165) is 5.52 Å². The number of nitrogens with zero attached hydrogens (tertiary/aromatic N) is 5. The van der Waals surface area contributed by atoms with Crippen molar-refractivity contribution in [2.75, 3.05) is 13.1 Å².